The van der Waals surface area contributed by atoms with E-state index in [4.69, 9.17) is 9.47 Å². The average Bonchev–Trinajstić information content (AvgIpc) is 2.67. The monoisotopic (exact) mass is 390 g/mol. The molecular formula is C20H22O8. The molecule has 2 aromatic carbocycles. The average molecular weight is 390 g/mol. The molecule has 1 saturated heterocycles. The second kappa shape index (κ2) is 8.26. The maximum atomic E-state index is 11.1. The lowest BCUT2D eigenvalue weighted by Crippen LogP contribution is -2.60. The number of carbonyl (C=O) groups excluding carboxylic acids is 1. The van der Waals surface area contributed by atoms with Crippen LogP contribution in [0.25, 0.3) is 16.8 Å². The standard InChI is InChI=1S/C20H22O8/c1-10(22)2-3-11-4-5-12-7-13(8-15(23)14(12)6-11)27-20-19(26)18(25)17(24)16(9-21)28-20/h2-8,16-21,23-26H,9H2,1H3/t16?,17-,18-,19?,20-/m1/s1. The van der Waals surface area contributed by atoms with Crippen molar-refractivity contribution >= 4 is 22.6 Å². The molecule has 3 rings (SSSR count). The van der Waals surface area contributed by atoms with Gasteiger partial charge in [0.2, 0.25) is 6.29 Å². The van der Waals surface area contributed by atoms with Crippen LogP contribution in [0.4, 0.5) is 0 Å². The van der Waals surface area contributed by atoms with Gasteiger partial charge in [0, 0.05) is 11.5 Å². The number of aliphatic hydroxyl groups is 4. The van der Waals surface area contributed by atoms with E-state index in [9.17, 15) is 30.3 Å². The van der Waals surface area contributed by atoms with Gasteiger partial charge in [-0.05, 0) is 36.1 Å². The minimum Gasteiger partial charge on any atom is -0.507 e. The predicted molar refractivity (Wildman–Crippen MR) is 99.7 cm³/mol. The quantitative estimate of drug-likeness (QED) is 0.461. The van der Waals surface area contributed by atoms with E-state index >= 15 is 0 Å². The summed E-state index contributed by atoms with van der Waals surface area (Å²) in [5.74, 6) is -0.0101. The first kappa shape index (κ1) is 20.2. The number of hydrogen-bond acceptors (Lipinski definition) is 8. The number of carbonyl (C=O) groups is 1. The van der Waals surface area contributed by atoms with Crippen molar-refractivity contribution in [3.8, 4) is 11.5 Å². The Labute approximate surface area is 160 Å². The topological polar surface area (TPSA) is 137 Å². The first-order valence-electron chi connectivity index (χ1n) is 8.72. The molecule has 5 N–H and O–H groups in total. The molecule has 8 heteroatoms. The van der Waals surface area contributed by atoms with E-state index in [1.165, 1.54) is 19.1 Å². The molecule has 1 aliphatic heterocycles. The van der Waals surface area contributed by atoms with Gasteiger partial charge in [-0.15, -0.1) is 0 Å². The molecule has 0 amide bonds. The second-order valence-corrected chi connectivity index (χ2v) is 6.68. The highest BCUT2D eigenvalue weighted by Gasteiger charge is 2.44. The molecule has 0 radical (unpaired) electrons. The van der Waals surface area contributed by atoms with Crippen LogP contribution in [0, 0.1) is 0 Å². The Bertz CT molecular complexity index is 891. The summed E-state index contributed by atoms with van der Waals surface area (Å²) in [5.41, 5.74) is 0.737. The van der Waals surface area contributed by atoms with Gasteiger partial charge < -0.3 is 35.0 Å². The van der Waals surface area contributed by atoms with Gasteiger partial charge in [-0.25, -0.2) is 0 Å². The van der Waals surface area contributed by atoms with Crippen LogP contribution >= 0.6 is 0 Å². The largest absolute Gasteiger partial charge is 0.507 e. The van der Waals surface area contributed by atoms with Crippen molar-refractivity contribution in [3.05, 3.63) is 42.0 Å². The normalized spacial score (nSPS) is 28.0. The lowest BCUT2D eigenvalue weighted by molar-refractivity contribution is -0.277. The summed E-state index contributed by atoms with van der Waals surface area (Å²) in [5, 5.41) is 50.5. The summed E-state index contributed by atoms with van der Waals surface area (Å²) < 4.78 is 10.8. The van der Waals surface area contributed by atoms with Crippen LogP contribution < -0.4 is 4.74 Å². The van der Waals surface area contributed by atoms with Crippen molar-refractivity contribution in [1.82, 2.24) is 0 Å². The zero-order valence-electron chi connectivity index (χ0n) is 15.1. The number of fused-ring (bicyclic) bond motifs is 1. The molecule has 0 spiro atoms. The van der Waals surface area contributed by atoms with E-state index in [-0.39, 0.29) is 17.3 Å². The van der Waals surface area contributed by atoms with Crippen LogP contribution in [-0.4, -0.2) is 68.6 Å². The van der Waals surface area contributed by atoms with E-state index in [2.05, 4.69) is 0 Å². The third kappa shape index (κ3) is 4.16. The van der Waals surface area contributed by atoms with Gasteiger partial charge in [0.05, 0.1) is 6.61 Å². The summed E-state index contributed by atoms with van der Waals surface area (Å²) >= 11 is 0. The molecule has 5 atom stereocenters. The minimum absolute atomic E-state index is 0.0878. The Hall–Kier alpha value is -2.49. The maximum Gasteiger partial charge on any atom is 0.229 e. The van der Waals surface area contributed by atoms with Crippen LogP contribution in [0.2, 0.25) is 0 Å². The van der Waals surface area contributed by atoms with E-state index in [0.717, 1.165) is 5.56 Å². The van der Waals surface area contributed by atoms with Crippen molar-refractivity contribution in [1.29, 1.82) is 0 Å². The zero-order chi connectivity index (χ0) is 20.4. The Morgan fingerprint density at radius 2 is 1.89 bits per heavy atom. The second-order valence-electron chi connectivity index (χ2n) is 6.68. The first-order chi connectivity index (χ1) is 13.3. The SMILES string of the molecule is CC(=O)C=Cc1ccc2cc(O[C@@H]3OC(CO)[C@@H](O)[C@@H](O)C3O)cc(O)c2c1. The first-order valence-corrected chi connectivity index (χ1v) is 8.72. The van der Waals surface area contributed by atoms with Crippen molar-refractivity contribution in [2.24, 2.45) is 0 Å². The summed E-state index contributed by atoms with van der Waals surface area (Å²) in [6, 6.07) is 8.13. The summed E-state index contributed by atoms with van der Waals surface area (Å²) in [6.07, 6.45) is -3.95. The molecule has 0 aliphatic carbocycles. The van der Waals surface area contributed by atoms with Crippen molar-refractivity contribution < 1.29 is 39.8 Å². The highest BCUT2D eigenvalue weighted by molar-refractivity contribution is 5.94. The number of phenols is 1. The molecule has 1 aliphatic rings. The third-order valence-electron chi connectivity index (χ3n) is 4.54. The van der Waals surface area contributed by atoms with E-state index in [0.29, 0.717) is 10.8 Å². The lowest BCUT2D eigenvalue weighted by Gasteiger charge is -2.39. The summed E-state index contributed by atoms with van der Waals surface area (Å²) in [4.78, 5) is 11.1. The molecule has 1 heterocycles. The number of benzene rings is 2. The fraction of sp³-hybridized carbons (Fsp3) is 0.350. The van der Waals surface area contributed by atoms with E-state index in [1.807, 2.05) is 0 Å². The molecule has 2 unspecified atom stereocenters. The molecule has 0 aromatic heterocycles. The highest BCUT2D eigenvalue weighted by Crippen LogP contribution is 2.33. The van der Waals surface area contributed by atoms with Gasteiger partial charge >= 0.3 is 0 Å². The van der Waals surface area contributed by atoms with Crippen molar-refractivity contribution in [3.63, 3.8) is 0 Å². The fourth-order valence-electron chi connectivity index (χ4n) is 3.01. The fourth-order valence-corrected chi connectivity index (χ4v) is 3.01. The molecule has 0 saturated carbocycles. The van der Waals surface area contributed by atoms with Crippen LogP contribution in [0.1, 0.15) is 12.5 Å². The van der Waals surface area contributed by atoms with Crippen LogP contribution in [0.3, 0.4) is 0 Å². The molecule has 1 fully saturated rings. The third-order valence-corrected chi connectivity index (χ3v) is 4.54. The van der Waals surface area contributed by atoms with E-state index in [1.54, 1.807) is 30.3 Å². The number of hydrogen-bond donors (Lipinski definition) is 5. The molecule has 8 nitrogen and oxygen atoms in total. The van der Waals surface area contributed by atoms with Gasteiger partial charge in [-0.3, -0.25) is 4.79 Å². The number of rotatable bonds is 5. The number of allylic oxidation sites excluding steroid dienone is 1. The molecule has 28 heavy (non-hydrogen) atoms. The van der Waals surface area contributed by atoms with Gasteiger partial charge in [0.1, 0.15) is 35.9 Å². The minimum atomic E-state index is -1.56. The predicted octanol–water partition coefficient (Wildman–Crippen LogP) is 0.326. The maximum absolute atomic E-state index is 11.1. The van der Waals surface area contributed by atoms with Crippen LogP contribution in [0.15, 0.2) is 36.4 Å². The number of ketones is 1. The highest BCUT2D eigenvalue weighted by atomic mass is 16.7. The Kier molecular flexibility index (Phi) is 5.97. The van der Waals surface area contributed by atoms with Gasteiger partial charge in [-0.1, -0.05) is 18.2 Å². The van der Waals surface area contributed by atoms with Crippen LogP contribution in [0.5, 0.6) is 11.5 Å². The zero-order valence-corrected chi connectivity index (χ0v) is 15.1. The Morgan fingerprint density at radius 1 is 1.14 bits per heavy atom. The smallest absolute Gasteiger partial charge is 0.229 e. The number of phenolic OH excluding ortho intramolecular Hbond substituents is 1. The van der Waals surface area contributed by atoms with Crippen molar-refractivity contribution in [2.75, 3.05) is 6.61 Å². The molecule has 2 aromatic rings. The van der Waals surface area contributed by atoms with Gasteiger partial charge in [0.25, 0.3) is 0 Å². The van der Waals surface area contributed by atoms with Gasteiger partial charge in [0.15, 0.2) is 5.78 Å². The summed E-state index contributed by atoms with van der Waals surface area (Å²) in [6.45, 7) is 0.877. The number of ether oxygens (including phenoxy) is 2. The van der Waals surface area contributed by atoms with Crippen LogP contribution in [-0.2, 0) is 9.53 Å². The van der Waals surface area contributed by atoms with E-state index < -0.39 is 37.3 Å². The summed E-state index contributed by atoms with van der Waals surface area (Å²) in [7, 11) is 0. The molecular weight excluding hydrogens is 368 g/mol. The van der Waals surface area contributed by atoms with Crippen molar-refractivity contribution in [2.45, 2.75) is 37.6 Å². The number of aliphatic hydroxyl groups excluding tert-OH is 4. The molecule has 150 valence electrons. The Balaban J connectivity index is 1.86. The number of aromatic hydroxyl groups is 1. The Morgan fingerprint density at radius 3 is 2.57 bits per heavy atom. The lowest BCUT2D eigenvalue weighted by atomic mass is 9.99. The molecule has 0 bridgehead atoms. The van der Waals surface area contributed by atoms with Gasteiger partial charge in [-0.2, -0.15) is 0 Å².